The smallest absolute Gasteiger partial charge is 0.417 e. The molecule has 0 bridgehead atoms. The molecule has 2 aromatic carbocycles. The summed E-state index contributed by atoms with van der Waals surface area (Å²) in [6, 6.07) is 6.80. The summed E-state index contributed by atoms with van der Waals surface area (Å²) in [7, 11) is 1.39. The molecule has 2 atom stereocenters. The van der Waals surface area contributed by atoms with Crippen LogP contribution in [-0.2, 0) is 6.18 Å². The van der Waals surface area contributed by atoms with Crippen molar-refractivity contribution < 1.29 is 17.9 Å². The third-order valence-corrected chi connectivity index (χ3v) is 7.96. The standard InChI is InChI=1S/C23H25F3N2OS.ClH/c1-13-16(15-5-4-14(29-2)10-19(15)23(24,25)26)11-17-18-12-27-7-6-20(18)28-8-3-9-30-22(13)21(17)28;/h4-5,10-11,18,20,27H,3,6-9,12H2,1-2H3;1H/t18-,20-;/m0./s1. The average molecular weight is 471 g/mol. The maximum Gasteiger partial charge on any atom is 0.417 e. The highest BCUT2D eigenvalue weighted by atomic mass is 35.5. The lowest BCUT2D eigenvalue weighted by Gasteiger charge is -2.33. The summed E-state index contributed by atoms with van der Waals surface area (Å²) < 4.78 is 47.0. The summed E-state index contributed by atoms with van der Waals surface area (Å²) in [6.45, 7) is 4.89. The van der Waals surface area contributed by atoms with Gasteiger partial charge in [-0.3, -0.25) is 0 Å². The maximum absolute atomic E-state index is 14.0. The molecular formula is C23H26ClF3N2OS. The van der Waals surface area contributed by atoms with Crippen molar-refractivity contribution in [2.75, 3.05) is 37.4 Å². The van der Waals surface area contributed by atoms with Crippen LogP contribution < -0.4 is 15.0 Å². The molecule has 1 fully saturated rings. The fourth-order valence-corrected chi connectivity index (χ4v) is 6.48. The molecule has 3 aliphatic rings. The summed E-state index contributed by atoms with van der Waals surface area (Å²) in [5.41, 5.74) is 3.74. The van der Waals surface area contributed by atoms with Crippen LogP contribution in [0.25, 0.3) is 11.1 Å². The second kappa shape index (κ2) is 8.41. The molecule has 3 heterocycles. The third-order valence-electron chi connectivity index (χ3n) is 6.68. The van der Waals surface area contributed by atoms with E-state index in [1.807, 2.05) is 13.0 Å². The Morgan fingerprint density at radius 1 is 1.19 bits per heavy atom. The second-order valence-electron chi connectivity index (χ2n) is 8.29. The predicted octanol–water partition coefficient (Wildman–Crippen LogP) is 5.87. The van der Waals surface area contributed by atoms with E-state index < -0.39 is 11.7 Å². The molecule has 0 aliphatic carbocycles. The minimum atomic E-state index is -4.45. The number of rotatable bonds is 2. The topological polar surface area (TPSA) is 24.5 Å². The van der Waals surface area contributed by atoms with Crippen molar-refractivity contribution in [1.82, 2.24) is 5.32 Å². The van der Waals surface area contributed by atoms with Crippen molar-refractivity contribution in [3.8, 4) is 16.9 Å². The highest BCUT2D eigenvalue weighted by Crippen LogP contribution is 2.53. The van der Waals surface area contributed by atoms with Gasteiger partial charge in [0.15, 0.2) is 0 Å². The number of hydrogen-bond acceptors (Lipinski definition) is 4. The van der Waals surface area contributed by atoms with Crippen molar-refractivity contribution in [3.05, 3.63) is 41.0 Å². The van der Waals surface area contributed by atoms with Gasteiger partial charge in [-0.25, -0.2) is 0 Å². The number of nitrogens with zero attached hydrogens (tertiary/aromatic N) is 1. The number of halogens is 4. The van der Waals surface area contributed by atoms with Crippen LogP contribution in [0.2, 0.25) is 0 Å². The lowest BCUT2D eigenvalue weighted by Crippen LogP contribution is -2.44. The molecule has 1 saturated heterocycles. The first-order valence-electron chi connectivity index (χ1n) is 10.4. The van der Waals surface area contributed by atoms with Gasteiger partial charge in [0.2, 0.25) is 0 Å². The lowest BCUT2D eigenvalue weighted by molar-refractivity contribution is -0.137. The van der Waals surface area contributed by atoms with Crippen molar-refractivity contribution in [2.24, 2.45) is 0 Å². The lowest BCUT2D eigenvalue weighted by atomic mass is 9.86. The van der Waals surface area contributed by atoms with Crippen LogP contribution in [-0.4, -0.2) is 38.5 Å². The van der Waals surface area contributed by atoms with Gasteiger partial charge in [-0.1, -0.05) is 6.07 Å². The van der Waals surface area contributed by atoms with Gasteiger partial charge in [0, 0.05) is 29.9 Å². The molecule has 2 aromatic rings. The Balaban J connectivity index is 0.00000231. The van der Waals surface area contributed by atoms with Gasteiger partial charge < -0.3 is 15.0 Å². The van der Waals surface area contributed by atoms with Crippen LogP contribution in [0.15, 0.2) is 29.2 Å². The van der Waals surface area contributed by atoms with Crippen molar-refractivity contribution >= 4 is 29.9 Å². The number of piperidine rings is 1. The zero-order valence-corrected chi connectivity index (χ0v) is 19.1. The molecule has 0 saturated carbocycles. The largest absolute Gasteiger partial charge is 0.497 e. The number of anilines is 1. The van der Waals surface area contributed by atoms with Gasteiger partial charge >= 0.3 is 6.18 Å². The monoisotopic (exact) mass is 470 g/mol. The van der Waals surface area contributed by atoms with Crippen LogP contribution >= 0.6 is 24.2 Å². The molecule has 31 heavy (non-hydrogen) atoms. The Kier molecular flexibility index (Phi) is 6.14. The van der Waals surface area contributed by atoms with Gasteiger partial charge in [-0.05, 0) is 72.5 Å². The van der Waals surface area contributed by atoms with Crippen LogP contribution in [0.5, 0.6) is 5.75 Å². The molecule has 3 aliphatic heterocycles. The zero-order valence-electron chi connectivity index (χ0n) is 17.5. The molecule has 8 heteroatoms. The van der Waals surface area contributed by atoms with E-state index in [1.54, 1.807) is 23.9 Å². The van der Waals surface area contributed by atoms with Crippen molar-refractivity contribution in [3.63, 3.8) is 0 Å². The number of thioether (sulfide) groups is 1. The number of benzene rings is 2. The molecule has 0 spiro atoms. The minimum absolute atomic E-state index is 0. The summed E-state index contributed by atoms with van der Waals surface area (Å²) in [5.74, 6) is 1.55. The van der Waals surface area contributed by atoms with E-state index in [1.165, 1.54) is 23.3 Å². The highest BCUT2D eigenvalue weighted by molar-refractivity contribution is 7.99. The molecule has 0 unspecified atom stereocenters. The molecule has 5 rings (SSSR count). The Morgan fingerprint density at radius 2 is 2.00 bits per heavy atom. The van der Waals surface area contributed by atoms with E-state index in [0.29, 0.717) is 17.5 Å². The first kappa shape index (κ1) is 22.6. The van der Waals surface area contributed by atoms with E-state index in [9.17, 15) is 13.2 Å². The fourth-order valence-electron chi connectivity index (χ4n) is 5.31. The quantitative estimate of drug-likeness (QED) is 0.593. The molecule has 0 radical (unpaired) electrons. The molecular weight excluding hydrogens is 445 g/mol. The van der Waals surface area contributed by atoms with Gasteiger partial charge in [0.25, 0.3) is 0 Å². The first-order chi connectivity index (χ1) is 14.4. The van der Waals surface area contributed by atoms with Gasteiger partial charge in [0.05, 0.1) is 18.4 Å². The molecule has 3 nitrogen and oxygen atoms in total. The summed E-state index contributed by atoms with van der Waals surface area (Å²) in [5, 5.41) is 3.49. The van der Waals surface area contributed by atoms with Gasteiger partial charge in [0.1, 0.15) is 5.75 Å². The van der Waals surface area contributed by atoms with Gasteiger partial charge in [-0.2, -0.15) is 13.2 Å². The summed E-state index contributed by atoms with van der Waals surface area (Å²) >= 11 is 1.80. The van der Waals surface area contributed by atoms with Crippen LogP contribution in [0.1, 0.15) is 35.4 Å². The number of alkyl halides is 3. The van der Waals surface area contributed by atoms with Crippen LogP contribution in [0.3, 0.4) is 0 Å². The Morgan fingerprint density at radius 3 is 2.74 bits per heavy atom. The zero-order chi connectivity index (χ0) is 21.0. The summed E-state index contributed by atoms with van der Waals surface area (Å²) in [6.07, 6.45) is -2.27. The minimum Gasteiger partial charge on any atom is -0.497 e. The molecule has 0 aromatic heterocycles. The number of ether oxygens (including phenoxy) is 1. The number of methoxy groups -OCH3 is 1. The fraction of sp³-hybridized carbons (Fsp3) is 0.478. The molecule has 0 amide bonds. The highest BCUT2D eigenvalue weighted by Gasteiger charge is 2.43. The second-order valence-corrected chi connectivity index (χ2v) is 9.39. The first-order valence-corrected chi connectivity index (χ1v) is 11.4. The van der Waals surface area contributed by atoms with E-state index in [2.05, 4.69) is 10.2 Å². The number of fused-ring (bicyclic) bond motifs is 3. The Hall–Kier alpha value is -1.57. The van der Waals surface area contributed by atoms with Crippen molar-refractivity contribution in [2.45, 2.75) is 42.8 Å². The molecule has 168 valence electrons. The maximum atomic E-state index is 14.0. The Labute approximate surface area is 191 Å². The van der Waals surface area contributed by atoms with Crippen LogP contribution in [0, 0.1) is 6.92 Å². The van der Waals surface area contributed by atoms with Crippen LogP contribution in [0.4, 0.5) is 18.9 Å². The summed E-state index contributed by atoms with van der Waals surface area (Å²) in [4.78, 5) is 3.71. The Bertz CT molecular complexity index is 998. The van der Waals surface area contributed by atoms with E-state index in [-0.39, 0.29) is 23.7 Å². The SMILES string of the molecule is COc1ccc(-c2cc3c4c(c2C)SCCCN4[C@H]2CCNC[C@@H]32)c(C(F)(F)F)c1.Cl. The van der Waals surface area contributed by atoms with E-state index in [4.69, 9.17) is 4.74 Å². The molecule has 1 N–H and O–H groups in total. The third kappa shape index (κ3) is 3.68. The normalized spacial score (nSPS) is 22.3. The number of hydrogen-bond donors (Lipinski definition) is 1. The van der Waals surface area contributed by atoms with E-state index in [0.717, 1.165) is 49.9 Å². The van der Waals surface area contributed by atoms with Gasteiger partial charge in [-0.15, -0.1) is 24.2 Å². The predicted molar refractivity (Wildman–Crippen MR) is 122 cm³/mol. The average Bonchev–Trinajstić information content (AvgIpc) is 2.88. The van der Waals surface area contributed by atoms with Crippen molar-refractivity contribution in [1.29, 1.82) is 0 Å². The van der Waals surface area contributed by atoms with E-state index >= 15 is 0 Å². The number of nitrogens with one attached hydrogen (secondary N) is 1.